The van der Waals surface area contributed by atoms with E-state index in [-0.39, 0.29) is 24.4 Å². The van der Waals surface area contributed by atoms with Crippen LogP contribution in [0.2, 0.25) is 0 Å². The molecule has 0 radical (unpaired) electrons. The smallest absolute Gasteiger partial charge is 0.242 e. The van der Waals surface area contributed by atoms with E-state index in [4.69, 9.17) is 0 Å². The molecule has 0 unspecified atom stereocenters. The molecular weight excluding hydrogens is 298 g/mol. The van der Waals surface area contributed by atoms with Crippen LogP contribution in [0.1, 0.15) is 30.8 Å². The van der Waals surface area contributed by atoms with Crippen molar-refractivity contribution in [2.24, 2.45) is 0 Å². The normalized spacial score (nSPS) is 16.3. The fourth-order valence-electron chi connectivity index (χ4n) is 2.60. The third-order valence-electron chi connectivity index (χ3n) is 4.14. The highest BCUT2D eigenvalue weighted by Gasteiger charge is 2.26. The highest BCUT2D eigenvalue weighted by molar-refractivity contribution is 7.18. The average Bonchev–Trinajstić information content (AvgIpc) is 3.12. The Morgan fingerprint density at radius 3 is 2.91 bits per heavy atom. The zero-order valence-corrected chi connectivity index (χ0v) is 13.6. The van der Waals surface area contributed by atoms with Crippen molar-refractivity contribution in [2.75, 3.05) is 20.1 Å². The summed E-state index contributed by atoms with van der Waals surface area (Å²) in [7, 11) is 1.78. The van der Waals surface area contributed by atoms with E-state index in [9.17, 15) is 9.59 Å². The van der Waals surface area contributed by atoms with Crippen molar-refractivity contribution in [3.8, 4) is 0 Å². The van der Waals surface area contributed by atoms with Crippen molar-refractivity contribution in [1.29, 1.82) is 0 Å². The molecule has 5 nitrogen and oxygen atoms in total. The van der Waals surface area contributed by atoms with Gasteiger partial charge in [0.15, 0.2) is 0 Å². The van der Waals surface area contributed by atoms with Crippen LogP contribution in [0.4, 0.5) is 0 Å². The van der Waals surface area contributed by atoms with E-state index in [0.29, 0.717) is 13.0 Å². The SMILES string of the molecule is C[C@@H](c1nc2ccccc2s1)N(C)C(=O)CN1CCCC1=O. The van der Waals surface area contributed by atoms with Gasteiger partial charge in [0.05, 0.1) is 22.8 Å². The summed E-state index contributed by atoms with van der Waals surface area (Å²) in [6, 6.07) is 7.87. The first kappa shape index (κ1) is 15.0. The van der Waals surface area contributed by atoms with Crippen LogP contribution >= 0.6 is 11.3 Å². The zero-order chi connectivity index (χ0) is 15.7. The van der Waals surface area contributed by atoms with Gasteiger partial charge in [0.2, 0.25) is 11.8 Å². The van der Waals surface area contributed by atoms with Crippen molar-refractivity contribution >= 4 is 33.4 Å². The Kier molecular flexibility index (Phi) is 4.11. The van der Waals surface area contributed by atoms with E-state index in [2.05, 4.69) is 4.98 Å². The van der Waals surface area contributed by atoms with Gasteiger partial charge in [0.1, 0.15) is 5.01 Å². The van der Waals surface area contributed by atoms with Gasteiger partial charge in [-0.1, -0.05) is 12.1 Å². The summed E-state index contributed by atoms with van der Waals surface area (Å²) in [5.41, 5.74) is 0.963. The molecule has 1 aromatic carbocycles. The Balaban J connectivity index is 1.71. The monoisotopic (exact) mass is 317 g/mol. The maximum Gasteiger partial charge on any atom is 0.242 e. The van der Waals surface area contributed by atoms with Gasteiger partial charge < -0.3 is 9.80 Å². The summed E-state index contributed by atoms with van der Waals surface area (Å²) in [5.74, 6) is 0.0383. The Labute approximate surface area is 133 Å². The van der Waals surface area contributed by atoms with E-state index in [0.717, 1.165) is 21.6 Å². The van der Waals surface area contributed by atoms with Crippen molar-refractivity contribution in [3.05, 3.63) is 29.3 Å². The van der Waals surface area contributed by atoms with E-state index >= 15 is 0 Å². The first-order valence-corrected chi connectivity index (χ1v) is 8.27. The van der Waals surface area contributed by atoms with Gasteiger partial charge in [0.25, 0.3) is 0 Å². The molecule has 1 atom stereocenters. The fraction of sp³-hybridized carbons (Fsp3) is 0.438. The lowest BCUT2D eigenvalue weighted by molar-refractivity contribution is -0.138. The van der Waals surface area contributed by atoms with Gasteiger partial charge in [-0.2, -0.15) is 0 Å². The summed E-state index contributed by atoms with van der Waals surface area (Å²) >= 11 is 1.61. The lowest BCUT2D eigenvalue weighted by Gasteiger charge is -2.25. The summed E-state index contributed by atoms with van der Waals surface area (Å²) in [5, 5.41) is 0.921. The number of likely N-dealkylation sites (N-methyl/N-ethyl adjacent to an activating group) is 1. The Morgan fingerprint density at radius 1 is 1.45 bits per heavy atom. The molecule has 0 N–H and O–H groups in total. The minimum absolute atomic E-state index is 0.0398. The molecule has 6 heteroatoms. The van der Waals surface area contributed by atoms with Gasteiger partial charge in [0, 0.05) is 20.0 Å². The van der Waals surface area contributed by atoms with Crippen LogP contribution in [0.25, 0.3) is 10.2 Å². The number of amides is 2. The minimum atomic E-state index is -0.0948. The van der Waals surface area contributed by atoms with Crippen molar-refractivity contribution < 1.29 is 9.59 Å². The fourth-order valence-corrected chi connectivity index (χ4v) is 3.66. The van der Waals surface area contributed by atoms with Crippen molar-refractivity contribution in [1.82, 2.24) is 14.8 Å². The number of aromatic nitrogens is 1. The molecule has 1 aromatic heterocycles. The number of hydrogen-bond acceptors (Lipinski definition) is 4. The Hall–Kier alpha value is -1.95. The number of hydrogen-bond donors (Lipinski definition) is 0. The van der Waals surface area contributed by atoms with E-state index in [1.165, 1.54) is 0 Å². The molecule has 1 saturated heterocycles. The molecule has 2 aromatic rings. The molecule has 2 heterocycles. The number of thiazole rings is 1. The number of benzene rings is 1. The third kappa shape index (κ3) is 2.83. The standard InChI is InChI=1S/C16H19N3O2S/c1-11(16-17-12-6-3-4-7-13(12)22-16)18(2)15(21)10-19-9-5-8-14(19)20/h3-4,6-7,11H,5,8-10H2,1-2H3/t11-/m0/s1. The molecule has 0 spiro atoms. The molecule has 1 fully saturated rings. The predicted molar refractivity (Wildman–Crippen MR) is 86.6 cm³/mol. The molecule has 22 heavy (non-hydrogen) atoms. The first-order chi connectivity index (χ1) is 10.6. The molecule has 3 rings (SSSR count). The zero-order valence-electron chi connectivity index (χ0n) is 12.8. The maximum atomic E-state index is 12.4. The highest BCUT2D eigenvalue weighted by atomic mass is 32.1. The lowest BCUT2D eigenvalue weighted by atomic mass is 10.3. The van der Waals surface area contributed by atoms with Crippen LogP contribution in [0.3, 0.4) is 0 Å². The first-order valence-electron chi connectivity index (χ1n) is 7.45. The van der Waals surface area contributed by atoms with E-state index in [1.807, 2.05) is 31.2 Å². The summed E-state index contributed by atoms with van der Waals surface area (Å²) in [6.45, 7) is 2.83. The Morgan fingerprint density at radius 2 is 2.23 bits per heavy atom. The van der Waals surface area contributed by atoms with Crippen molar-refractivity contribution in [3.63, 3.8) is 0 Å². The van der Waals surface area contributed by atoms with Crippen LogP contribution in [0, 0.1) is 0 Å². The second-order valence-electron chi connectivity index (χ2n) is 5.62. The molecule has 0 bridgehead atoms. The minimum Gasteiger partial charge on any atom is -0.335 e. The van der Waals surface area contributed by atoms with Gasteiger partial charge in [-0.05, 0) is 25.5 Å². The molecule has 1 aliphatic rings. The maximum absolute atomic E-state index is 12.4. The molecule has 116 valence electrons. The highest BCUT2D eigenvalue weighted by Crippen LogP contribution is 2.28. The number of rotatable bonds is 4. The van der Waals surface area contributed by atoms with Crippen LogP contribution in [-0.4, -0.2) is 46.7 Å². The van der Waals surface area contributed by atoms with Crippen LogP contribution in [-0.2, 0) is 9.59 Å². The molecule has 0 saturated carbocycles. The summed E-state index contributed by atoms with van der Waals surface area (Å²) in [4.78, 5) is 32.0. The third-order valence-corrected chi connectivity index (χ3v) is 5.35. The second kappa shape index (κ2) is 6.04. The van der Waals surface area contributed by atoms with E-state index in [1.54, 1.807) is 28.2 Å². The number of carbonyl (C=O) groups excluding carboxylic acids is 2. The lowest BCUT2D eigenvalue weighted by Crippen LogP contribution is -2.39. The number of carbonyl (C=O) groups is 2. The molecule has 2 amide bonds. The van der Waals surface area contributed by atoms with Crippen LogP contribution < -0.4 is 0 Å². The van der Waals surface area contributed by atoms with Gasteiger partial charge in [-0.25, -0.2) is 4.98 Å². The topological polar surface area (TPSA) is 53.5 Å². The Bertz CT molecular complexity index is 679. The number of likely N-dealkylation sites (tertiary alicyclic amines) is 1. The number of para-hydroxylation sites is 1. The summed E-state index contributed by atoms with van der Waals surface area (Å²) in [6.07, 6.45) is 1.41. The molecular formula is C16H19N3O2S. The van der Waals surface area contributed by atoms with Gasteiger partial charge in [-0.3, -0.25) is 9.59 Å². The van der Waals surface area contributed by atoms with Crippen molar-refractivity contribution in [2.45, 2.75) is 25.8 Å². The quantitative estimate of drug-likeness (QED) is 0.870. The predicted octanol–water partition coefficient (Wildman–Crippen LogP) is 2.44. The van der Waals surface area contributed by atoms with Gasteiger partial charge in [-0.15, -0.1) is 11.3 Å². The number of fused-ring (bicyclic) bond motifs is 1. The second-order valence-corrected chi connectivity index (χ2v) is 6.68. The largest absolute Gasteiger partial charge is 0.335 e. The average molecular weight is 317 g/mol. The van der Waals surface area contributed by atoms with Gasteiger partial charge >= 0.3 is 0 Å². The molecule has 0 aliphatic carbocycles. The molecule has 1 aliphatic heterocycles. The van der Waals surface area contributed by atoms with Crippen LogP contribution in [0.15, 0.2) is 24.3 Å². The van der Waals surface area contributed by atoms with E-state index < -0.39 is 0 Å². The number of nitrogens with zero attached hydrogens (tertiary/aromatic N) is 3. The van der Waals surface area contributed by atoms with Crippen LogP contribution in [0.5, 0.6) is 0 Å². The summed E-state index contributed by atoms with van der Waals surface area (Å²) < 4.78 is 1.12.